The lowest BCUT2D eigenvalue weighted by Crippen LogP contribution is -2.07. The molecule has 0 aliphatic carbocycles. The first-order chi connectivity index (χ1) is 8.67. The topological polar surface area (TPSA) is 29.5 Å². The number of hydrogen-bond acceptors (Lipinski definition) is 2. The molecule has 0 aromatic heterocycles. The number of aliphatic hydroxyl groups is 1. The van der Waals surface area contributed by atoms with Gasteiger partial charge in [0.1, 0.15) is 11.9 Å². The van der Waals surface area contributed by atoms with Gasteiger partial charge in [0.25, 0.3) is 0 Å². The van der Waals surface area contributed by atoms with Gasteiger partial charge in [0, 0.05) is 5.92 Å². The molecule has 0 radical (unpaired) electrons. The van der Waals surface area contributed by atoms with Gasteiger partial charge in [-0.15, -0.1) is 0 Å². The molecule has 0 spiro atoms. The van der Waals surface area contributed by atoms with Crippen LogP contribution in [0.1, 0.15) is 28.4 Å². The fourth-order valence-corrected chi connectivity index (χ4v) is 1.92. The molecule has 19 heavy (non-hydrogen) atoms. The lowest BCUT2D eigenvalue weighted by atomic mass is 9.93. The maximum absolute atomic E-state index is 12.0. The van der Waals surface area contributed by atoms with E-state index >= 15 is 0 Å². The van der Waals surface area contributed by atoms with Crippen LogP contribution in [0.4, 0.5) is 13.2 Å². The predicted octanol–water partition coefficient (Wildman–Crippen LogP) is 3.22. The third kappa shape index (κ3) is 3.65. The molecular weight excluding hydrogens is 257 g/mol. The molecule has 1 rings (SSSR count). The number of rotatable bonds is 2. The second-order valence-electron chi connectivity index (χ2n) is 4.23. The Morgan fingerprint density at radius 2 is 1.79 bits per heavy atom. The van der Waals surface area contributed by atoms with E-state index in [1.165, 1.54) is 7.11 Å². The van der Waals surface area contributed by atoms with E-state index in [0.717, 1.165) is 11.5 Å². The van der Waals surface area contributed by atoms with Gasteiger partial charge >= 0.3 is 6.18 Å². The fraction of sp³-hybridized carbons (Fsp3) is 0.429. The van der Waals surface area contributed by atoms with E-state index in [9.17, 15) is 18.3 Å². The van der Waals surface area contributed by atoms with Gasteiger partial charge in [-0.05, 0) is 49.1 Å². The molecule has 104 valence electrons. The SMILES string of the molecule is COc1cc(C)c([C@H](O)C#CC(F)(F)F)c(C)c1C. The summed E-state index contributed by atoms with van der Waals surface area (Å²) in [6, 6.07) is 1.68. The molecule has 0 fully saturated rings. The average Bonchev–Trinajstić information content (AvgIpc) is 2.30. The van der Waals surface area contributed by atoms with Crippen LogP contribution in [0.25, 0.3) is 0 Å². The molecule has 0 amide bonds. The summed E-state index contributed by atoms with van der Waals surface area (Å²) in [5.41, 5.74) is 2.50. The molecule has 1 atom stereocenters. The maximum atomic E-state index is 12.0. The van der Waals surface area contributed by atoms with E-state index in [4.69, 9.17) is 4.74 Å². The van der Waals surface area contributed by atoms with Gasteiger partial charge in [-0.1, -0.05) is 5.92 Å². The quantitative estimate of drug-likeness (QED) is 0.838. The van der Waals surface area contributed by atoms with Crippen molar-refractivity contribution in [2.45, 2.75) is 33.1 Å². The van der Waals surface area contributed by atoms with Gasteiger partial charge in [0.15, 0.2) is 0 Å². The summed E-state index contributed by atoms with van der Waals surface area (Å²) >= 11 is 0. The molecule has 1 aromatic carbocycles. The maximum Gasteiger partial charge on any atom is 0.457 e. The van der Waals surface area contributed by atoms with Crippen molar-refractivity contribution in [3.05, 3.63) is 28.3 Å². The van der Waals surface area contributed by atoms with Crippen molar-refractivity contribution in [2.75, 3.05) is 7.11 Å². The van der Waals surface area contributed by atoms with Crippen molar-refractivity contribution in [3.8, 4) is 17.6 Å². The van der Waals surface area contributed by atoms with Crippen LogP contribution < -0.4 is 4.74 Å². The highest BCUT2D eigenvalue weighted by Gasteiger charge is 2.24. The van der Waals surface area contributed by atoms with Crippen LogP contribution >= 0.6 is 0 Å². The van der Waals surface area contributed by atoms with Gasteiger partial charge in [-0.3, -0.25) is 0 Å². The summed E-state index contributed by atoms with van der Waals surface area (Å²) in [5.74, 6) is 3.55. The molecule has 0 heterocycles. The first-order valence-corrected chi connectivity index (χ1v) is 5.59. The lowest BCUT2D eigenvalue weighted by Gasteiger charge is -2.17. The first-order valence-electron chi connectivity index (χ1n) is 5.59. The number of benzene rings is 1. The standard InChI is InChI=1S/C14H15F3O2/c1-8-7-12(19-4)9(2)10(3)13(8)11(18)5-6-14(15,16)17/h7,11,18H,1-4H3/t11-/m1/s1. The van der Waals surface area contributed by atoms with Crippen LogP contribution in [-0.4, -0.2) is 18.4 Å². The minimum absolute atomic E-state index is 0.398. The van der Waals surface area contributed by atoms with Crippen LogP contribution in [0.2, 0.25) is 0 Å². The van der Waals surface area contributed by atoms with E-state index < -0.39 is 12.3 Å². The summed E-state index contributed by atoms with van der Waals surface area (Å²) in [6.07, 6.45) is -6.07. The third-order valence-corrected chi connectivity index (χ3v) is 2.95. The Labute approximate surface area is 110 Å². The van der Waals surface area contributed by atoms with Crippen LogP contribution in [-0.2, 0) is 0 Å². The Hall–Kier alpha value is -1.67. The number of ether oxygens (including phenoxy) is 1. The highest BCUT2D eigenvalue weighted by molar-refractivity contribution is 5.50. The van der Waals surface area contributed by atoms with Crippen molar-refractivity contribution in [1.29, 1.82) is 0 Å². The minimum Gasteiger partial charge on any atom is -0.496 e. The monoisotopic (exact) mass is 272 g/mol. The summed E-state index contributed by atoms with van der Waals surface area (Å²) in [6.45, 7) is 5.20. The minimum atomic E-state index is -4.61. The molecule has 0 unspecified atom stereocenters. The van der Waals surface area contributed by atoms with E-state index in [-0.39, 0.29) is 0 Å². The third-order valence-electron chi connectivity index (χ3n) is 2.95. The van der Waals surface area contributed by atoms with Gasteiger partial charge in [0.05, 0.1) is 7.11 Å². The number of aryl methyl sites for hydroxylation is 1. The zero-order valence-corrected chi connectivity index (χ0v) is 11.1. The molecule has 1 N–H and O–H groups in total. The molecule has 0 aliphatic rings. The van der Waals surface area contributed by atoms with Crippen molar-refractivity contribution in [3.63, 3.8) is 0 Å². The summed E-state index contributed by atoms with van der Waals surface area (Å²) in [4.78, 5) is 0. The Kier molecular flexibility index (Phi) is 4.48. The van der Waals surface area contributed by atoms with Gasteiger partial charge < -0.3 is 9.84 Å². The van der Waals surface area contributed by atoms with Gasteiger partial charge in [-0.25, -0.2) is 0 Å². The normalized spacial score (nSPS) is 12.6. The molecule has 5 heteroatoms. The number of halogens is 3. The van der Waals surface area contributed by atoms with E-state index in [1.54, 1.807) is 26.8 Å². The predicted molar refractivity (Wildman–Crippen MR) is 66.0 cm³/mol. The Morgan fingerprint density at radius 3 is 2.26 bits per heavy atom. The first kappa shape index (κ1) is 15.4. The second kappa shape index (κ2) is 5.54. The number of hydrogen-bond donors (Lipinski definition) is 1. The van der Waals surface area contributed by atoms with Crippen molar-refractivity contribution >= 4 is 0 Å². The molecule has 0 saturated heterocycles. The van der Waals surface area contributed by atoms with E-state index in [2.05, 4.69) is 0 Å². The Bertz CT molecular complexity index is 536. The van der Waals surface area contributed by atoms with Crippen molar-refractivity contribution in [2.24, 2.45) is 0 Å². The van der Waals surface area contributed by atoms with Crippen LogP contribution in [0.5, 0.6) is 5.75 Å². The molecule has 0 aliphatic heterocycles. The summed E-state index contributed by atoms with van der Waals surface area (Å²) in [7, 11) is 1.51. The zero-order chi connectivity index (χ0) is 14.8. The largest absolute Gasteiger partial charge is 0.496 e. The van der Waals surface area contributed by atoms with Crippen LogP contribution in [0.3, 0.4) is 0 Å². The van der Waals surface area contributed by atoms with Crippen molar-refractivity contribution < 1.29 is 23.0 Å². The smallest absolute Gasteiger partial charge is 0.457 e. The van der Waals surface area contributed by atoms with E-state index in [0.29, 0.717) is 22.4 Å². The molecule has 2 nitrogen and oxygen atoms in total. The van der Waals surface area contributed by atoms with E-state index in [1.807, 2.05) is 5.92 Å². The highest BCUT2D eigenvalue weighted by atomic mass is 19.4. The number of methoxy groups -OCH3 is 1. The highest BCUT2D eigenvalue weighted by Crippen LogP contribution is 2.31. The lowest BCUT2D eigenvalue weighted by molar-refractivity contribution is -0.0700. The molecule has 0 saturated carbocycles. The van der Waals surface area contributed by atoms with Crippen molar-refractivity contribution in [1.82, 2.24) is 0 Å². The Morgan fingerprint density at radius 1 is 1.21 bits per heavy atom. The zero-order valence-electron chi connectivity index (χ0n) is 11.1. The Balaban J connectivity index is 3.27. The van der Waals surface area contributed by atoms with Crippen LogP contribution in [0, 0.1) is 32.6 Å². The summed E-state index contributed by atoms with van der Waals surface area (Å²) < 4.78 is 41.2. The molecule has 1 aromatic rings. The summed E-state index contributed by atoms with van der Waals surface area (Å²) in [5, 5.41) is 9.82. The second-order valence-corrected chi connectivity index (χ2v) is 4.23. The van der Waals surface area contributed by atoms with Crippen LogP contribution in [0.15, 0.2) is 6.07 Å². The van der Waals surface area contributed by atoms with Gasteiger partial charge in [0.2, 0.25) is 0 Å². The van der Waals surface area contributed by atoms with Gasteiger partial charge in [-0.2, -0.15) is 13.2 Å². The average molecular weight is 272 g/mol. The number of aliphatic hydroxyl groups excluding tert-OH is 1. The molecular formula is C14H15F3O2. The molecule has 0 bridgehead atoms. The number of alkyl halides is 3. The fourth-order valence-electron chi connectivity index (χ4n) is 1.92.